The maximum atomic E-state index is 12.4. The summed E-state index contributed by atoms with van der Waals surface area (Å²) < 4.78 is 0. The Morgan fingerprint density at radius 3 is 2.56 bits per heavy atom. The number of nitrogens with one attached hydrogen (secondary N) is 1. The number of aromatic nitrogens is 1. The summed E-state index contributed by atoms with van der Waals surface area (Å²) in [5, 5.41) is 1.03. The van der Waals surface area contributed by atoms with Gasteiger partial charge in [-0.2, -0.15) is 0 Å². The van der Waals surface area contributed by atoms with Crippen LogP contribution in [0.2, 0.25) is 0 Å². The van der Waals surface area contributed by atoms with Crippen molar-refractivity contribution in [3.05, 3.63) is 35.5 Å². The fourth-order valence-electron chi connectivity index (χ4n) is 2.37. The molecule has 18 heavy (non-hydrogen) atoms. The van der Waals surface area contributed by atoms with Gasteiger partial charge in [-0.15, -0.1) is 0 Å². The average molecular weight is 244 g/mol. The highest BCUT2D eigenvalue weighted by Gasteiger charge is 2.17. The Bertz CT molecular complexity index is 553. The number of likely N-dealkylation sites (N-methyl/N-ethyl adjacent to an activating group) is 1. The van der Waals surface area contributed by atoms with Crippen molar-refractivity contribution in [3.8, 4) is 0 Å². The summed E-state index contributed by atoms with van der Waals surface area (Å²) >= 11 is 0. The van der Waals surface area contributed by atoms with Crippen molar-refractivity contribution in [2.24, 2.45) is 0 Å². The molecule has 0 unspecified atom stereocenters. The predicted octanol–water partition coefficient (Wildman–Crippen LogP) is 3.00. The van der Waals surface area contributed by atoms with Crippen LogP contribution in [-0.2, 0) is 0 Å². The number of H-pyrrole nitrogens is 1. The van der Waals surface area contributed by atoms with E-state index >= 15 is 0 Å². The number of benzene rings is 1. The SMILES string of the molecule is CCN(CC)CC(=O)c1c(C)[nH]c2ccccc12. The van der Waals surface area contributed by atoms with Crippen molar-refractivity contribution in [2.75, 3.05) is 19.6 Å². The van der Waals surface area contributed by atoms with Gasteiger partial charge < -0.3 is 4.98 Å². The first-order valence-corrected chi connectivity index (χ1v) is 6.50. The first kappa shape index (κ1) is 12.8. The quantitative estimate of drug-likeness (QED) is 0.821. The van der Waals surface area contributed by atoms with E-state index in [1.54, 1.807) is 0 Å². The Balaban J connectivity index is 2.35. The van der Waals surface area contributed by atoms with Crippen LogP contribution in [-0.4, -0.2) is 35.3 Å². The number of aryl methyl sites for hydroxylation is 1. The van der Waals surface area contributed by atoms with Crippen molar-refractivity contribution in [1.82, 2.24) is 9.88 Å². The standard InChI is InChI=1S/C15H20N2O/c1-4-17(5-2)10-14(18)15-11(3)16-13-9-7-6-8-12(13)15/h6-9,16H,4-5,10H2,1-3H3. The zero-order valence-electron chi connectivity index (χ0n) is 11.3. The molecule has 1 aromatic carbocycles. The molecule has 1 heterocycles. The third kappa shape index (κ3) is 2.31. The predicted molar refractivity (Wildman–Crippen MR) is 75.2 cm³/mol. The number of hydrogen-bond acceptors (Lipinski definition) is 2. The maximum absolute atomic E-state index is 12.4. The van der Waals surface area contributed by atoms with Crippen LogP contribution in [0.25, 0.3) is 10.9 Å². The Morgan fingerprint density at radius 2 is 1.89 bits per heavy atom. The minimum Gasteiger partial charge on any atom is -0.358 e. The zero-order chi connectivity index (χ0) is 13.1. The van der Waals surface area contributed by atoms with Crippen molar-refractivity contribution in [1.29, 1.82) is 0 Å². The Morgan fingerprint density at radius 1 is 1.22 bits per heavy atom. The van der Waals surface area contributed by atoms with Crippen LogP contribution in [0, 0.1) is 6.92 Å². The lowest BCUT2D eigenvalue weighted by atomic mass is 10.1. The van der Waals surface area contributed by atoms with Gasteiger partial charge in [0.2, 0.25) is 0 Å². The summed E-state index contributed by atoms with van der Waals surface area (Å²) in [5.74, 6) is 0.202. The Kier molecular flexibility index (Phi) is 3.82. The molecule has 0 amide bonds. The third-order valence-electron chi connectivity index (χ3n) is 3.43. The van der Waals surface area contributed by atoms with Crippen LogP contribution in [0.3, 0.4) is 0 Å². The summed E-state index contributed by atoms with van der Waals surface area (Å²) in [6.07, 6.45) is 0. The molecule has 0 saturated heterocycles. The highest BCUT2D eigenvalue weighted by Crippen LogP contribution is 2.22. The van der Waals surface area contributed by atoms with Gasteiger partial charge in [0.05, 0.1) is 6.54 Å². The lowest BCUT2D eigenvalue weighted by Crippen LogP contribution is -2.29. The Hall–Kier alpha value is -1.61. The number of aromatic amines is 1. The van der Waals surface area contributed by atoms with E-state index in [-0.39, 0.29) is 5.78 Å². The number of rotatable bonds is 5. The topological polar surface area (TPSA) is 36.1 Å². The van der Waals surface area contributed by atoms with Gasteiger partial charge in [-0.05, 0) is 26.1 Å². The molecular formula is C15H20N2O. The molecule has 0 spiro atoms. The normalized spacial score (nSPS) is 11.3. The molecule has 0 aliphatic rings. The van der Waals surface area contributed by atoms with Gasteiger partial charge in [0.1, 0.15) is 0 Å². The number of fused-ring (bicyclic) bond motifs is 1. The molecule has 3 nitrogen and oxygen atoms in total. The van der Waals surface area contributed by atoms with E-state index in [2.05, 4.69) is 23.7 Å². The number of ketones is 1. The highest BCUT2D eigenvalue weighted by atomic mass is 16.1. The molecule has 0 bridgehead atoms. The van der Waals surface area contributed by atoms with E-state index in [4.69, 9.17) is 0 Å². The van der Waals surface area contributed by atoms with E-state index in [0.717, 1.165) is 35.2 Å². The molecule has 0 fully saturated rings. The van der Waals surface area contributed by atoms with E-state index in [1.807, 2.05) is 31.2 Å². The largest absolute Gasteiger partial charge is 0.358 e. The molecule has 0 radical (unpaired) electrons. The maximum Gasteiger partial charge on any atom is 0.179 e. The van der Waals surface area contributed by atoms with Crippen molar-refractivity contribution >= 4 is 16.7 Å². The van der Waals surface area contributed by atoms with Gasteiger partial charge in [0.25, 0.3) is 0 Å². The second-order valence-electron chi connectivity index (χ2n) is 4.56. The first-order chi connectivity index (χ1) is 8.67. The van der Waals surface area contributed by atoms with Crippen molar-refractivity contribution in [2.45, 2.75) is 20.8 Å². The molecule has 0 atom stereocenters. The summed E-state index contributed by atoms with van der Waals surface area (Å²) in [7, 11) is 0. The van der Waals surface area contributed by atoms with Gasteiger partial charge in [-0.1, -0.05) is 32.0 Å². The van der Waals surface area contributed by atoms with Crippen LogP contribution in [0.15, 0.2) is 24.3 Å². The molecule has 1 N–H and O–H groups in total. The molecule has 0 saturated carbocycles. The average Bonchev–Trinajstić information content (AvgIpc) is 2.71. The molecule has 2 aromatic rings. The lowest BCUT2D eigenvalue weighted by Gasteiger charge is -2.16. The fourth-order valence-corrected chi connectivity index (χ4v) is 2.37. The molecule has 0 aliphatic heterocycles. The first-order valence-electron chi connectivity index (χ1n) is 6.50. The number of carbonyl (C=O) groups excluding carboxylic acids is 1. The molecule has 96 valence electrons. The van der Waals surface area contributed by atoms with Crippen LogP contribution in [0.4, 0.5) is 0 Å². The molecule has 1 aromatic heterocycles. The van der Waals surface area contributed by atoms with E-state index < -0.39 is 0 Å². The second kappa shape index (κ2) is 5.36. The smallest absolute Gasteiger partial charge is 0.179 e. The van der Waals surface area contributed by atoms with Gasteiger partial charge in [0, 0.05) is 22.2 Å². The summed E-state index contributed by atoms with van der Waals surface area (Å²) in [6, 6.07) is 7.98. The monoisotopic (exact) mass is 244 g/mol. The van der Waals surface area contributed by atoms with Gasteiger partial charge in [0.15, 0.2) is 5.78 Å². The number of para-hydroxylation sites is 1. The highest BCUT2D eigenvalue weighted by molar-refractivity contribution is 6.10. The van der Waals surface area contributed by atoms with E-state index in [9.17, 15) is 4.79 Å². The number of nitrogens with zero attached hydrogens (tertiary/aromatic N) is 1. The number of carbonyl (C=O) groups is 1. The third-order valence-corrected chi connectivity index (χ3v) is 3.43. The molecular weight excluding hydrogens is 224 g/mol. The minimum absolute atomic E-state index is 0.202. The number of hydrogen-bond donors (Lipinski definition) is 1. The Labute approximate surface area is 108 Å². The second-order valence-corrected chi connectivity index (χ2v) is 4.56. The van der Waals surface area contributed by atoms with Gasteiger partial charge >= 0.3 is 0 Å². The molecule has 0 aliphatic carbocycles. The summed E-state index contributed by atoms with van der Waals surface area (Å²) in [4.78, 5) is 17.8. The van der Waals surface area contributed by atoms with Crippen LogP contribution < -0.4 is 0 Å². The van der Waals surface area contributed by atoms with Crippen LogP contribution >= 0.6 is 0 Å². The fraction of sp³-hybridized carbons (Fsp3) is 0.400. The van der Waals surface area contributed by atoms with Crippen LogP contribution in [0.1, 0.15) is 29.9 Å². The summed E-state index contributed by atoms with van der Waals surface area (Å²) in [5.41, 5.74) is 2.85. The zero-order valence-corrected chi connectivity index (χ0v) is 11.3. The van der Waals surface area contributed by atoms with Crippen molar-refractivity contribution < 1.29 is 4.79 Å². The van der Waals surface area contributed by atoms with Crippen LogP contribution in [0.5, 0.6) is 0 Å². The molecule has 3 heteroatoms. The van der Waals surface area contributed by atoms with Gasteiger partial charge in [-0.3, -0.25) is 9.69 Å². The van der Waals surface area contributed by atoms with E-state index in [1.165, 1.54) is 0 Å². The van der Waals surface area contributed by atoms with Gasteiger partial charge in [-0.25, -0.2) is 0 Å². The molecule has 2 rings (SSSR count). The van der Waals surface area contributed by atoms with Crippen molar-refractivity contribution in [3.63, 3.8) is 0 Å². The summed E-state index contributed by atoms with van der Waals surface area (Å²) in [6.45, 7) is 8.44. The lowest BCUT2D eigenvalue weighted by molar-refractivity contribution is 0.0938. The number of Topliss-reactive ketones (excluding diaryl/α,β-unsaturated/α-hetero) is 1. The minimum atomic E-state index is 0.202. The van der Waals surface area contributed by atoms with E-state index in [0.29, 0.717) is 6.54 Å².